The average Bonchev–Trinajstić information content (AvgIpc) is 2.82. The molecule has 4 N–H and O–H groups in total. The number of rotatable bonds is 4. The molecule has 5 rings (SSSR count). The zero-order chi connectivity index (χ0) is 23.3. The molecule has 9 heteroatoms. The van der Waals surface area contributed by atoms with E-state index in [1.807, 2.05) is 36.1 Å². The van der Waals surface area contributed by atoms with Gasteiger partial charge in [-0.1, -0.05) is 30.3 Å². The number of nitrogens with zero attached hydrogens (tertiary/aromatic N) is 2. The summed E-state index contributed by atoms with van der Waals surface area (Å²) in [6, 6.07) is 11.2. The third-order valence-electron chi connectivity index (χ3n) is 6.13. The van der Waals surface area contributed by atoms with Gasteiger partial charge in [-0.15, -0.1) is 0 Å². The summed E-state index contributed by atoms with van der Waals surface area (Å²) in [6.07, 6.45) is 0.724. The van der Waals surface area contributed by atoms with Gasteiger partial charge in [0, 0.05) is 19.6 Å². The molecule has 1 aromatic heterocycles. The van der Waals surface area contributed by atoms with Gasteiger partial charge in [0.2, 0.25) is 0 Å². The Labute approximate surface area is 187 Å². The van der Waals surface area contributed by atoms with Gasteiger partial charge in [0.15, 0.2) is 5.82 Å². The summed E-state index contributed by atoms with van der Waals surface area (Å²) in [7, 11) is 0. The molecule has 4 aromatic rings. The first-order valence-electron chi connectivity index (χ1n) is 10.6. The van der Waals surface area contributed by atoms with E-state index in [9.17, 15) is 19.2 Å². The number of nitrogen functional groups attached to an aromatic ring is 1. The fourth-order valence-corrected chi connectivity index (χ4v) is 4.30. The van der Waals surface area contributed by atoms with Crippen molar-refractivity contribution in [3.05, 3.63) is 95.3 Å². The van der Waals surface area contributed by atoms with Gasteiger partial charge in [0.05, 0.1) is 10.9 Å². The Balaban J connectivity index is 1.33. The van der Waals surface area contributed by atoms with Crippen molar-refractivity contribution in [2.24, 2.45) is 0 Å². The number of aryl methyl sites for hydroxylation is 1. The molecule has 0 aliphatic carbocycles. The number of para-hydroxylation sites is 1. The number of fused-ring (bicyclic) bond motifs is 2. The van der Waals surface area contributed by atoms with Gasteiger partial charge in [-0.2, -0.15) is 0 Å². The van der Waals surface area contributed by atoms with Gasteiger partial charge in [0.1, 0.15) is 11.4 Å². The van der Waals surface area contributed by atoms with E-state index in [0.29, 0.717) is 29.7 Å². The number of H-pyrrole nitrogens is 1. The third kappa shape index (κ3) is 3.47. The molecule has 2 heterocycles. The maximum atomic E-state index is 12.7. The molecule has 1 amide bonds. The second kappa shape index (κ2) is 7.70. The summed E-state index contributed by atoms with van der Waals surface area (Å²) in [5.74, 6) is -0.519. The van der Waals surface area contributed by atoms with Gasteiger partial charge in [-0.25, -0.2) is 4.98 Å². The quantitative estimate of drug-likeness (QED) is 0.398. The van der Waals surface area contributed by atoms with Gasteiger partial charge in [0.25, 0.3) is 22.3 Å². The topological polar surface area (TPSA) is 138 Å². The van der Waals surface area contributed by atoms with Crippen molar-refractivity contribution in [2.75, 3.05) is 17.2 Å². The largest absolute Gasteiger partial charge is 0.394 e. The average molecular weight is 443 g/mol. The van der Waals surface area contributed by atoms with Gasteiger partial charge < -0.3 is 20.9 Å². The van der Waals surface area contributed by atoms with Crippen LogP contribution in [0, 0.1) is 6.92 Å². The molecule has 9 nitrogen and oxygen atoms in total. The second-order valence-electron chi connectivity index (χ2n) is 8.26. The molecule has 0 fully saturated rings. The number of benzene rings is 2. The van der Waals surface area contributed by atoms with Crippen LogP contribution >= 0.6 is 0 Å². The summed E-state index contributed by atoms with van der Waals surface area (Å²) < 4.78 is 0. The highest BCUT2D eigenvalue weighted by Crippen LogP contribution is 2.26. The molecule has 0 radical (unpaired) electrons. The monoisotopic (exact) mass is 443 g/mol. The van der Waals surface area contributed by atoms with Crippen LogP contribution in [0.25, 0.3) is 10.9 Å². The van der Waals surface area contributed by atoms with E-state index in [0.717, 1.165) is 28.7 Å². The summed E-state index contributed by atoms with van der Waals surface area (Å²) in [5.41, 5.74) is 8.85. The molecule has 0 saturated heterocycles. The lowest BCUT2D eigenvalue weighted by Crippen LogP contribution is -2.44. The SMILES string of the molecule is Cc1cccc2c(=O)[nH]c(C(=O)NCc3ccc4c(c3)CN(c3c(N)c(=O)c3=O)CC4)nc12. The van der Waals surface area contributed by atoms with E-state index < -0.39 is 16.8 Å². The molecule has 166 valence electrons. The molecular weight excluding hydrogens is 422 g/mol. The first kappa shape index (κ1) is 20.6. The smallest absolute Gasteiger partial charge is 0.287 e. The summed E-state index contributed by atoms with van der Waals surface area (Å²) in [6.45, 7) is 3.15. The van der Waals surface area contributed by atoms with Crippen LogP contribution < -0.4 is 32.4 Å². The fraction of sp³-hybridized carbons (Fsp3) is 0.208. The normalized spacial score (nSPS) is 13.3. The number of aromatic amines is 1. The summed E-state index contributed by atoms with van der Waals surface area (Å²) >= 11 is 0. The molecule has 1 aliphatic rings. The Kier molecular flexibility index (Phi) is 4.81. The van der Waals surface area contributed by atoms with Crippen molar-refractivity contribution in [1.82, 2.24) is 15.3 Å². The maximum Gasteiger partial charge on any atom is 0.287 e. The summed E-state index contributed by atoms with van der Waals surface area (Å²) in [4.78, 5) is 57.1. The Hall–Kier alpha value is -4.27. The number of anilines is 2. The van der Waals surface area contributed by atoms with Crippen LogP contribution in [0.2, 0.25) is 0 Å². The van der Waals surface area contributed by atoms with E-state index >= 15 is 0 Å². The predicted molar refractivity (Wildman–Crippen MR) is 125 cm³/mol. The predicted octanol–water partition coefficient (Wildman–Crippen LogP) is 0.902. The van der Waals surface area contributed by atoms with Gasteiger partial charge in [-0.3, -0.25) is 19.2 Å². The molecule has 0 saturated carbocycles. The zero-order valence-electron chi connectivity index (χ0n) is 17.9. The standard InChI is InChI=1S/C24H21N5O4/c1-12-3-2-4-16-18(12)27-22(28-23(16)32)24(33)26-10-13-5-6-14-7-8-29(11-15(14)9-13)19-17(25)20(30)21(19)31/h2-6,9H,7-8,10-11,25H2,1H3,(H,26,33)(H,27,28,32). The van der Waals surface area contributed by atoms with Crippen LogP contribution in [0.5, 0.6) is 0 Å². The highest BCUT2D eigenvalue weighted by Gasteiger charge is 2.26. The van der Waals surface area contributed by atoms with E-state index in [-0.39, 0.29) is 23.6 Å². The molecular formula is C24H21N5O4. The minimum absolute atomic E-state index is 0.0268. The molecule has 0 bridgehead atoms. The highest BCUT2D eigenvalue weighted by atomic mass is 16.2. The van der Waals surface area contributed by atoms with E-state index in [1.165, 1.54) is 0 Å². The zero-order valence-corrected chi connectivity index (χ0v) is 17.9. The number of carbonyl (C=O) groups excluding carboxylic acids is 1. The Bertz CT molecular complexity index is 1560. The number of amides is 1. The maximum absolute atomic E-state index is 12.7. The van der Waals surface area contributed by atoms with Gasteiger partial charge >= 0.3 is 0 Å². The Morgan fingerprint density at radius 2 is 1.97 bits per heavy atom. The van der Waals surface area contributed by atoms with E-state index in [1.54, 1.807) is 12.1 Å². The molecule has 0 spiro atoms. The lowest BCUT2D eigenvalue weighted by Gasteiger charge is -2.32. The lowest BCUT2D eigenvalue weighted by atomic mass is 9.96. The van der Waals surface area contributed by atoms with Crippen LogP contribution in [-0.2, 0) is 19.5 Å². The van der Waals surface area contributed by atoms with Crippen molar-refractivity contribution in [1.29, 1.82) is 0 Å². The van der Waals surface area contributed by atoms with Crippen molar-refractivity contribution in [2.45, 2.75) is 26.4 Å². The Morgan fingerprint density at radius 1 is 1.15 bits per heavy atom. The van der Waals surface area contributed by atoms with Crippen molar-refractivity contribution < 1.29 is 4.79 Å². The molecule has 1 aliphatic heterocycles. The lowest BCUT2D eigenvalue weighted by molar-refractivity contribution is 0.0940. The van der Waals surface area contributed by atoms with Crippen LogP contribution in [0.3, 0.4) is 0 Å². The summed E-state index contributed by atoms with van der Waals surface area (Å²) in [5, 5.41) is 3.23. The van der Waals surface area contributed by atoms with Gasteiger partial charge in [-0.05, 0) is 41.7 Å². The van der Waals surface area contributed by atoms with E-state index in [4.69, 9.17) is 5.73 Å². The number of carbonyl (C=O) groups is 1. The Morgan fingerprint density at radius 3 is 2.76 bits per heavy atom. The van der Waals surface area contributed by atoms with Crippen LogP contribution in [0.4, 0.5) is 11.4 Å². The minimum Gasteiger partial charge on any atom is -0.394 e. The van der Waals surface area contributed by atoms with Crippen LogP contribution in [-0.4, -0.2) is 22.4 Å². The number of hydrogen-bond donors (Lipinski definition) is 3. The minimum atomic E-state index is -0.622. The van der Waals surface area contributed by atoms with Crippen LogP contribution in [0.1, 0.15) is 32.9 Å². The third-order valence-corrected chi connectivity index (χ3v) is 6.13. The first-order valence-corrected chi connectivity index (χ1v) is 10.6. The van der Waals surface area contributed by atoms with Crippen molar-refractivity contribution >= 4 is 28.2 Å². The van der Waals surface area contributed by atoms with E-state index in [2.05, 4.69) is 15.3 Å². The van der Waals surface area contributed by atoms with Crippen molar-refractivity contribution in [3.8, 4) is 0 Å². The molecule has 33 heavy (non-hydrogen) atoms. The molecule has 0 atom stereocenters. The number of aromatic nitrogens is 2. The second-order valence-corrected chi connectivity index (χ2v) is 8.26. The molecule has 0 unspecified atom stereocenters. The molecule has 3 aromatic carbocycles. The fourth-order valence-electron chi connectivity index (χ4n) is 4.30. The number of nitrogens with one attached hydrogen (secondary N) is 2. The number of hydrogen-bond acceptors (Lipinski definition) is 7. The number of nitrogens with two attached hydrogens (primary N) is 1. The van der Waals surface area contributed by atoms with Crippen molar-refractivity contribution in [3.63, 3.8) is 0 Å². The van der Waals surface area contributed by atoms with Crippen LogP contribution in [0.15, 0.2) is 50.8 Å². The first-order chi connectivity index (χ1) is 15.8. The highest BCUT2D eigenvalue weighted by molar-refractivity contribution is 5.93.